The van der Waals surface area contributed by atoms with E-state index >= 15 is 0 Å². The van der Waals surface area contributed by atoms with Crippen molar-refractivity contribution in [3.63, 3.8) is 0 Å². The molecule has 0 amide bonds. The van der Waals surface area contributed by atoms with Crippen LogP contribution in [0.5, 0.6) is 5.75 Å². The summed E-state index contributed by atoms with van der Waals surface area (Å²) in [5, 5.41) is 0. The average molecular weight is 297 g/mol. The Morgan fingerprint density at radius 2 is 2.09 bits per heavy atom. The van der Waals surface area contributed by atoms with Crippen LogP contribution in [0.1, 0.15) is 29.2 Å². The van der Waals surface area contributed by atoms with Crippen LogP contribution in [0.4, 0.5) is 0 Å². The van der Waals surface area contributed by atoms with E-state index in [0.717, 1.165) is 22.6 Å². The SMILES string of the molecule is COC(=O)C1(c2cc(C)ccc2OC)CC1c1ccccn1. The maximum Gasteiger partial charge on any atom is 0.317 e. The number of benzene rings is 1. The molecule has 1 aromatic heterocycles. The topological polar surface area (TPSA) is 48.4 Å². The Morgan fingerprint density at radius 3 is 2.73 bits per heavy atom. The summed E-state index contributed by atoms with van der Waals surface area (Å²) in [4.78, 5) is 17.0. The summed E-state index contributed by atoms with van der Waals surface area (Å²) in [5.41, 5.74) is 2.19. The molecule has 1 saturated carbocycles. The Morgan fingerprint density at radius 1 is 1.27 bits per heavy atom. The molecule has 1 aliphatic rings. The van der Waals surface area contributed by atoms with Crippen molar-refractivity contribution in [1.82, 2.24) is 4.98 Å². The molecule has 2 unspecified atom stereocenters. The van der Waals surface area contributed by atoms with Gasteiger partial charge in [-0.3, -0.25) is 9.78 Å². The van der Waals surface area contributed by atoms with Gasteiger partial charge in [-0.2, -0.15) is 0 Å². The number of hydrogen-bond acceptors (Lipinski definition) is 4. The number of hydrogen-bond donors (Lipinski definition) is 0. The highest BCUT2D eigenvalue weighted by Gasteiger charge is 2.64. The van der Waals surface area contributed by atoms with Crippen LogP contribution >= 0.6 is 0 Å². The lowest BCUT2D eigenvalue weighted by molar-refractivity contribution is -0.143. The van der Waals surface area contributed by atoms with Gasteiger partial charge in [0, 0.05) is 23.4 Å². The van der Waals surface area contributed by atoms with Gasteiger partial charge in [0.25, 0.3) is 0 Å². The summed E-state index contributed by atoms with van der Waals surface area (Å²) in [6.45, 7) is 2.01. The van der Waals surface area contributed by atoms with Gasteiger partial charge in [-0.1, -0.05) is 23.8 Å². The first kappa shape index (κ1) is 14.6. The zero-order valence-electron chi connectivity index (χ0n) is 13.0. The molecule has 1 fully saturated rings. The van der Waals surface area contributed by atoms with Crippen LogP contribution in [0.2, 0.25) is 0 Å². The van der Waals surface area contributed by atoms with Gasteiger partial charge in [-0.15, -0.1) is 0 Å². The molecule has 3 rings (SSSR count). The first-order chi connectivity index (χ1) is 10.6. The maximum absolute atomic E-state index is 12.6. The highest BCUT2D eigenvalue weighted by Crippen LogP contribution is 2.62. The Bertz CT molecular complexity index is 699. The van der Waals surface area contributed by atoms with Crippen molar-refractivity contribution in [3.8, 4) is 5.75 Å². The van der Waals surface area contributed by atoms with E-state index in [4.69, 9.17) is 9.47 Å². The van der Waals surface area contributed by atoms with E-state index in [-0.39, 0.29) is 11.9 Å². The Hall–Kier alpha value is -2.36. The first-order valence-electron chi connectivity index (χ1n) is 7.28. The highest BCUT2D eigenvalue weighted by molar-refractivity contribution is 5.90. The molecule has 1 aromatic carbocycles. The van der Waals surface area contributed by atoms with Crippen molar-refractivity contribution < 1.29 is 14.3 Å². The second-order valence-corrected chi connectivity index (χ2v) is 5.68. The van der Waals surface area contributed by atoms with Crippen LogP contribution in [0.3, 0.4) is 0 Å². The van der Waals surface area contributed by atoms with E-state index < -0.39 is 5.41 Å². The second-order valence-electron chi connectivity index (χ2n) is 5.68. The molecule has 0 bridgehead atoms. The summed E-state index contributed by atoms with van der Waals surface area (Å²) in [6.07, 6.45) is 2.44. The molecule has 2 aromatic rings. The van der Waals surface area contributed by atoms with Crippen LogP contribution in [-0.4, -0.2) is 25.2 Å². The van der Waals surface area contributed by atoms with Crippen molar-refractivity contribution in [3.05, 3.63) is 59.4 Å². The lowest BCUT2D eigenvalue weighted by Crippen LogP contribution is -2.25. The van der Waals surface area contributed by atoms with Crippen molar-refractivity contribution >= 4 is 5.97 Å². The number of methoxy groups -OCH3 is 2. The number of carbonyl (C=O) groups is 1. The number of ether oxygens (including phenoxy) is 2. The maximum atomic E-state index is 12.6. The molecule has 1 aliphatic carbocycles. The molecule has 0 N–H and O–H groups in total. The third kappa shape index (κ3) is 2.15. The van der Waals surface area contributed by atoms with Crippen LogP contribution in [0, 0.1) is 6.92 Å². The van der Waals surface area contributed by atoms with Crippen LogP contribution < -0.4 is 4.74 Å². The molecule has 2 atom stereocenters. The normalized spacial score (nSPS) is 23.0. The van der Waals surface area contributed by atoms with Gasteiger partial charge in [0.15, 0.2) is 0 Å². The van der Waals surface area contributed by atoms with Gasteiger partial charge in [-0.25, -0.2) is 0 Å². The summed E-state index contributed by atoms with van der Waals surface area (Å²) in [6, 6.07) is 11.7. The minimum absolute atomic E-state index is 0.0249. The fourth-order valence-electron chi connectivity index (χ4n) is 3.19. The lowest BCUT2D eigenvalue weighted by Gasteiger charge is -2.19. The zero-order valence-corrected chi connectivity index (χ0v) is 13.0. The zero-order chi connectivity index (χ0) is 15.7. The van der Waals surface area contributed by atoms with E-state index in [9.17, 15) is 4.79 Å². The second kappa shape index (κ2) is 5.44. The number of carbonyl (C=O) groups excluding carboxylic acids is 1. The van der Waals surface area contributed by atoms with Gasteiger partial charge in [0.1, 0.15) is 11.2 Å². The summed E-state index contributed by atoms with van der Waals surface area (Å²) < 4.78 is 10.6. The highest BCUT2D eigenvalue weighted by atomic mass is 16.5. The van der Waals surface area contributed by atoms with Crippen LogP contribution in [0.15, 0.2) is 42.6 Å². The predicted octanol–water partition coefficient (Wildman–Crippen LogP) is 3.00. The number of esters is 1. The van der Waals surface area contributed by atoms with E-state index in [0.29, 0.717) is 6.42 Å². The molecule has 22 heavy (non-hydrogen) atoms. The third-order valence-corrected chi connectivity index (χ3v) is 4.39. The van der Waals surface area contributed by atoms with Gasteiger partial charge >= 0.3 is 5.97 Å². The smallest absolute Gasteiger partial charge is 0.317 e. The summed E-state index contributed by atoms with van der Waals surface area (Å²) >= 11 is 0. The molecular formula is C18H19NO3. The van der Waals surface area contributed by atoms with Gasteiger partial charge in [0.05, 0.1) is 14.2 Å². The molecule has 0 aliphatic heterocycles. The van der Waals surface area contributed by atoms with Crippen molar-refractivity contribution in [2.45, 2.75) is 24.7 Å². The summed E-state index contributed by atoms with van der Waals surface area (Å²) in [5.74, 6) is 0.512. The van der Waals surface area contributed by atoms with Crippen LogP contribution in [-0.2, 0) is 14.9 Å². The average Bonchev–Trinajstić information content (AvgIpc) is 3.31. The predicted molar refractivity (Wildman–Crippen MR) is 83.0 cm³/mol. The summed E-state index contributed by atoms with van der Waals surface area (Å²) in [7, 11) is 3.05. The van der Waals surface area contributed by atoms with E-state index in [1.54, 1.807) is 13.3 Å². The molecular weight excluding hydrogens is 278 g/mol. The fraction of sp³-hybridized carbons (Fsp3) is 0.333. The monoisotopic (exact) mass is 297 g/mol. The standard InChI is InChI=1S/C18H19NO3/c1-12-7-8-16(21-2)13(10-12)18(17(20)22-3)11-14(18)15-6-4-5-9-19-15/h4-10,14H,11H2,1-3H3. The van der Waals surface area contributed by atoms with E-state index in [1.165, 1.54) is 7.11 Å². The quantitative estimate of drug-likeness (QED) is 0.814. The molecule has 0 radical (unpaired) electrons. The van der Waals surface area contributed by atoms with Gasteiger partial charge < -0.3 is 9.47 Å². The molecule has 4 heteroatoms. The fourth-order valence-corrected chi connectivity index (χ4v) is 3.19. The third-order valence-electron chi connectivity index (χ3n) is 4.39. The van der Waals surface area contributed by atoms with Crippen LogP contribution in [0.25, 0.3) is 0 Å². The largest absolute Gasteiger partial charge is 0.496 e. The Labute approximate surface area is 130 Å². The molecule has 0 spiro atoms. The minimum Gasteiger partial charge on any atom is -0.496 e. The number of aryl methyl sites for hydroxylation is 1. The number of rotatable bonds is 4. The molecule has 114 valence electrons. The van der Waals surface area contributed by atoms with Crippen molar-refractivity contribution in [1.29, 1.82) is 0 Å². The number of pyridine rings is 1. The Kier molecular flexibility index (Phi) is 3.61. The van der Waals surface area contributed by atoms with E-state index in [2.05, 4.69) is 4.98 Å². The molecule has 1 heterocycles. The lowest BCUT2D eigenvalue weighted by atomic mass is 9.90. The molecule has 4 nitrogen and oxygen atoms in total. The molecule has 0 saturated heterocycles. The number of nitrogens with zero attached hydrogens (tertiary/aromatic N) is 1. The van der Waals surface area contributed by atoms with Crippen molar-refractivity contribution in [2.75, 3.05) is 14.2 Å². The van der Waals surface area contributed by atoms with Crippen molar-refractivity contribution in [2.24, 2.45) is 0 Å². The minimum atomic E-state index is -0.694. The number of aromatic nitrogens is 1. The first-order valence-corrected chi connectivity index (χ1v) is 7.28. The van der Waals surface area contributed by atoms with Gasteiger partial charge in [0.2, 0.25) is 0 Å². The van der Waals surface area contributed by atoms with Gasteiger partial charge in [-0.05, 0) is 31.5 Å². The van der Waals surface area contributed by atoms with E-state index in [1.807, 2.05) is 43.3 Å². The Balaban J connectivity index is 2.11.